The molecule has 2 bridgehead atoms. The Balaban J connectivity index is 1.44. The summed E-state index contributed by atoms with van der Waals surface area (Å²) in [7, 11) is -3.99. The van der Waals surface area contributed by atoms with E-state index >= 15 is 0 Å². The number of allylic oxidation sites excluding steroid dienone is 2. The first-order valence-corrected chi connectivity index (χ1v) is 12.6. The second kappa shape index (κ2) is 8.14. The maximum atomic E-state index is 14.0. The Bertz CT molecular complexity index is 1270. The molecule has 1 saturated carbocycles. The molecule has 4 atom stereocenters. The molecule has 5 nitrogen and oxygen atoms in total. The number of hydrogen-bond donors (Lipinski definition) is 0. The van der Waals surface area contributed by atoms with Crippen LogP contribution in [0.4, 0.5) is 18.9 Å². The van der Waals surface area contributed by atoms with Crippen LogP contribution in [0, 0.1) is 29.1 Å². The van der Waals surface area contributed by atoms with Crippen molar-refractivity contribution in [2.24, 2.45) is 17.8 Å². The molecule has 178 valence electrons. The predicted octanol–water partition coefficient (Wildman–Crippen LogP) is 4.89. The number of ether oxygens (including phenoxy) is 1. The molecule has 9 heteroatoms. The predicted molar refractivity (Wildman–Crippen MR) is 120 cm³/mol. The van der Waals surface area contributed by atoms with Crippen LogP contribution in [-0.4, -0.2) is 26.3 Å². The molecule has 5 rings (SSSR count). The van der Waals surface area contributed by atoms with E-state index in [0.29, 0.717) is 6.61 Å². The fourth-order valence-electron chi connectivity index (χ4n) is 5.94. The molecule has 1 heterocycles. The van der Waals surface area contributed by atoms with Crippen molar-refractivity contribution in [3.05, 3.63) is 77.4 Å². The summed E-state index contributed by atoms with van der Waals surface area (Å²) in [5, 5.41) is 9.09. The van der Waals surface area contributed by atoms with E-state index in [0.717, 1.165) is 28.4 Å². The number of nitriles is 1. The zero-order valence-electron chi connectivity index (χ0n) is 18.2. The third-order valence-electron chi connectivity index (χ3n) is 7.49. The number of halogens is 3. The van der Waals surface area contributed by atoms with E-state index in [1.807, 2.05) is 42.5 Å². The van der Waals surface area contributed by atoms with Crippen molar-refractivity contribution in [1.82, 2.24) is 0 Å². The summed E-state index contributed by atoms with van der Waals surface area (Å²) in [4.78, 5) is 0. The highest BCUT2D eigenvalue weighted by Crippen LogP contribution is 2.61. The molecule has 0 spiro atoms. The van der Waals surface area contributed by atoms with Gasteiger partial charge in [0.1, 0.15) is 4.75 Å². The summed E-state index contributed by atoms with van der Waals surface area (Å²) in [6, 6.07) is 14.2. The van der Waals surface area contributed by atoms with Gasteiger partial charge in [0.2, 0.25) is 10.0 Å². The molecule has 0 aromatic heterocycles. The van der Waals surface area contributed by atoms with Gasteiger partial charge in [0.05, 0.1) is 29.5 Å². The Kier molecular flexibility index (Phi) is 5.49. The lowest BCUT2D eigenvalue weighted by atomic mass is 9.80. The number of alkyl halides is 3. The van der Waals surface area contributed by atoms with Crippen LogP contribution in [0.1, 0.15) is 29.5 Å². The Hall–Kier alpha value is -2.83. The highest BCUT2D eigenvalue weighted by molar-refractivity contribution is 7.94. The van der Waals surface area contributed by atoms with Gasteiger partial charge in [-0.15, -0.1) is 0 Å². The highest BCUT2D eigenvalue weighted by atomic mass is 32.2. The third kappa shape index (κ3) is 3.43. The molecule has 0 amide bonds. The molecule has 2 aliphatic carbocycles. The first-order valence-electron chi connectivity index (χ1n) is 11.1. The smallest absolute Gasteiger partial charge is 0.377 e. The second-order valence-electron chi connectivity index (χ2n) is 9.12. The number of nitrogens with zero attached hydrogens (tertiary/aromatic N) is 2. The maximum Gasteiger partial charge on any atom is 0.417 e. The Morgan fingerprint density at radius 1 is 1.15 bits per heavy atom. The van der Waals surface area contributed by atoms with E-state index in [1.165, 1.54) is 6.07 Å². The van der Waals surface area contributed by atoms with Gasteiger partial charge in [0.15, 0.2) is 0 Å². The monoisotopic (exact) mass is 488 g/mol. The summed E-state index contributed by atoms with van der Waals surface area (Å²) in [6.07, 6.45) is 0.232. The minimum Gasteiger partial charge on any atom is -0.377 e. The summed E-state index contributed by atoms with van der Waals surface area (Å²) < 4.78 is 74.4. The van der Waals surface area contributed by atoms with Crippen LogP contribution < -0.4 is 4.31 Å². The van der Waals surface area contributed by atoms with Gasteiger partial charge in [0.25, 0.3) is 0 Å². The van der Waals surface area contributed by atoms with E-state index in [9.17, 15) is 21.6 Å². The van der Waals surface area contributed by atoms with Crippen LogP contribution in [0.15, 0.2) is 60.7 Å². The molecule has 2 fully saturated rings. The van der Waals surface area contributed by atoms with Gasteiger partial charge in [-0.25, -0.2) is 8.42 Å². The van der Waals surface area contributed by atoms with Crippen LogP contribution in [-0.2, 0) is 27.5 Å². The minimum atomic E-state index is -4.76. The number of rotatable bonds is 6. The van der Waals surface area contributed by atoms with E-state index in [4.69, 9.17) is 10.00 Å². The summed E-state index contributed by atoms with van der Waals surface area (Å²) >= 11 is 0. The van der Waals surface area contributed by atoms with Crippen LogP contribution in [0.5, 0.6) is 0 Å². The standard InChI is InChI=1S/C25H23F3N2O3S/c26-25(27,28)22-13-21(9-7-19(22)14-29)30-15-23-18-6-8-20(12-18)24(23,34(30,31)32)10-11-33-16-17-4-2-1-3-5-17/h1-9,13,18,20,23H,10-12,15-16H2/t18-,20+,23-,24+/m0/s1. The van der Waals surface area contributed by atoms with Crippen molar-refractivity contribution in [3.63, 3.8) is 0 Å². The topological polar surface area (TPSA) is 70.4 Å². The van der Waals surface area contributed by atoms with Crippen molar-refractivity contribution in [2.45, 2.75) is 30.4 Å². The van der Waals surface area contributed by atoms with E-state index in [2.05, 4.69) is 0 Å². The van der Waals surface area contributed by atoms with Crippen LogP contribution >= 0.6 is 0 Å². The van der Waals surface area contributed by atoms with Crippen LogP contribution in [0.3, 0.4) is 0 Å². The van der Waals surface area contributed by atoms with Gasteiger partial charge in [-0.3, -0.25) is 4.31 Å². The fourth-order valence-corrected chi connectivity index (χ4v) is 8.63. The summed E-state index contributed by atoms with van der Waals surface area (Å²) in [6.45, 7) is 0.715. The van der Waals surface area contributed by atoms with E-state index < -0.39 is 32.1 Å². The van der Waals surface area contributed by atoms with E-state index in [1.54, 1.807) is 6.07 Å². The van der Waals surface area contributed by atoms with Crippen molar-refractivity contribution < 1.29 is 26.3 Å². The Morgan fingerprint density at radius 3 is 2.62 bits per heavy atom. The first kappa shape index (κ1) is 22.9. The van der Waals surface area contributed by atoms with Crippen molar-refractivity contribution in [3.8, 4) is 6.07 Å². The Labute approximate surface area is 196 Å². The molecule has 3 aliphatic rings. The number of anilines is 1. The highest BCUT2D eigenvalue weighted by Gasteiger charge is 2.69. The Morgan fingerprint density at radius 2 is 1.91 bits per heavy atom. The van der Waals surface area contributed by atoms with Gasteiger partial charge >= 0.3 is 6.18 Å². The number of benzene rings is 2. The normalized spacial score (nSPS) is 28.8. The van der Waals surface area contributed by atoms with E-state index in [-0.39, 0.29) is 43.0 Å². The fraction of sp³-hybridized carbons (Fsp3) is 0.400. The number of sulfonamides is 1. The first-order chi connectivity index (χ1) is 16.2. The van der Waals surface area contributed by atoms with Gasteiger partial charge in [-0.1, -0.05) is 42.5 Å². The summed E-state index contributed by atoms with van der Waals surface area (Å²) in [5.74, 6) is -0.351. The minimum absolute atomic E-state index is 0.0512. The summed E-state index contributed by atoms with van der Waals surface area (Å²) in [5.41, 5.74) is -0.720. The molecular weight excluding hydrogens is 465 g/mol. The van der Waals surface area contributed by atoms with Crippen LogP contribution in [0.25, 0.3) is 0 Å². The molecule has 0 unspecified atom stereocenters. The average Bonchev–Trinajstić information content (AvgIpc) is 3.47. The van der Waals surface area contributed by atoms with Gasteiger partial charge < -0.3 is 4.74 Å². The van der Waals surface area contributed by atoms with Gasteiger partial charge in [-0.05, 0) is 48.4 Å². The van der Waals surface area contributed by atoms with Crippen molar-refractivity contribution in [2.75, 3.05) is 17.5 Å². The molecule has 0 N–H and O–H groups in total. The SMILES string of the molecule is N#Cc1ccc(N2C[C@H]3[C@H]4C=C[C@H](C4)[C@@]3(CCOCc3ccccc3)S2(=O)=O)cc1C(F)(F)F. The molecule has 2 aromatic carbocycles. The van der Waals surface area contributed by atoms with Gasteiger partial charge in [0, 0.05) is 19.1 Å². The van der Waals surface area contributed by atoms with Crippen molar-refractivity contribution in [1.29, 1.82) is 5.26 Å². The lowest BCUT2D eigenvalue weighted by Gasteiger charge is -2.35. The molecule has 2 aromatic rings. The average molecular weight is 489 g/mol. The molecule has 1 aliphatic heterocycles. The lowest BCUT2D eigenvalue weighted by Crippen LogP contribution is -2.47. The molecule has 34 heavy (non-hydrogen) atoms. The third-order valence-corrected chi connectivity index (χ3v) is 10.2. The lowest BCUT2D eigenvalue weighted by molar-refractivity contribution is -0.137. The van der Waals surface area contributed by atoms with Crippen LogP contribution in [0.2, 0.25) is 0 Å². The van der Waals surface area contributed by atoms with Crippen molar-refractivity contribution >= 4 is 15.7 Å². The molecular formula is C25H23F3N2O3S. The van der Waals surface area contributed by atoms with Gasteiger partial charge in [-0.2, -0.15) is 18.4 Å². The zero-order chi connectivity index (χ0) is 24.1. The largest absolute Gasteiger partial charge is 0.417 e. The number of fused-ring (bicyclic) bond motifs is 5. The zero-order valence-corrected chi connectivity index (χ0v) is 19.0. The second-order valence-corrected chi connectivity index (χ2v) is 11.3. The number of hydrogen-bond acceptors (Lipinski definition) is 4. The quantitative estimate of drug-likeness (QED) is 0.429. The maximum absolute atomic E-state index is 14.0. The molecule has 1 saturated heterocycles. The molecule has 0 radical (unpaired) electrons.